The zero-order valence-electron chi connectivity index (χ0n) is 20.9. The fourth-order valence-corrected chi connectivity index (χ4v) is 5.87. The molecule has 3 heterocycles. The predicted octanol–water partition coefficient (Wildman–Crippen LogP) is 2.30. The summed E-state index contributed by atoms with van der Waals surface area (Å²) in [4.78, 5) is 8.88. The van der Waals surface area contributed by atoms with Gasteiger partial charge in [-0.05, 0) is 43.4 Å². The summed E-state index contributed by atoms with van der Waals surface area (Å²) in [6.45, 7) is 1.54. The van der Waals surface area contributed by atoms with Gasteiger partial charge in [-0.1, -0.05) is 17.7 Å². The molecule has 1 aromatic carbocycles. The van der Waals surface area contributed by atoms with Crippen molar-refractivity contribution in [1.82, 2.24) is 29.4 Å². The normalized spacial score (nSPS) is 20.6. The van der Waals surface area contributed by atoms with Gasteiger partial charge in [0.2, 0.25) is 16.0 Å². The molecule has 1 aliphatic carbocycles. The average molecular weight is 557 g/mol. The van der Waals surface area contributed by atoms with E-state index in [1.165, 1.54) is 16.8 Å². The van der Waals surface area contributed by atoms with E-state index >= 15 is 0 Å². The molecule has 0 radical (unpaired) electrons. The van der Waals surface area contributed by atoms with Gasteiger partial charge in [-0.15, -0.1) is 0 Å². The maximum absolute atomic E-state index is 11.8. The molecule has 0 spiro atoms. The summed E-state index contributed by atoms with van der Waals surface area (Å²) in [5.74, 6) is 0.374. The Bertz CT molecular complexity index is 1460. The van der Waals surface area contributed by atoms with Crippen LogP contribution in [0.5, 0.6) is 0 Å². The van der Waals surface area contributed by atoms with Crippen molar-refractivity contribution in [3.05, 3.63) is 52.9 Å². The third-order valence-corrected chi connectivity index (χ3v) is 8.59. The van der Waals surface area contributed by atoms with Gasteiger partial charge in [0.15, 0.2) is 0 Å². The van der Waals surface area contributed by atoms with Crippen molar-refractivity contribution in [2.75, 3.05) is 24.7 Å². The molecule has 2 fully saturated rings. The molecule has 0 atom stereocenters. The number of benzene rings is 1. The number of halogens is 1. The van der Waals surface area contributed by atoms with Gasteiger partial charge in [-0.25, -0.2) is 27.4 Å². The molecule has 200 valence electrons. The van der Waals surface area contributed by atoms with Crippen LogP contribution in [0.2, 0.25) is 5.02 Å². The summed E-state index contributed by atoms with van der Waals surface area (Å²) in [6.07, 6.45) is 8.72. The van der Waals surface area contributed by atoms with Gasteiger partial charge < -0.3 is 15.7 Å². The Labute approximate surface area is 226 Å². The molecule has 2 aliphatic rings. The van der Waals surface area contributed by atoms with Crippen LogP contribution in [0.4, 0.5) is 5.95 Å². The van der Waals surface area contributed by atoms with Crippen LogP contribution in [0.3, 0.4) is 0 Å². The third-order valence-electron chi connectivity index (χ3n) is 6.99. The van der Waals surface area contributed by atoms with Gasteiger partial charge in [0.05, 0.1) is 46.7 Å². The average Bonchev–Trinajstić information content (AvgIpc) is 3.35. The van der Waals surface area contributed by atoms with E-state index in [0.29, 0.717) is 72.0 Å². The number of aliphatic hydroxyl groups is 1. The summed E-state index contributed by atoms with van der Waals surface area (Å²) in [5, 5.41) is 30.8. The highest BCUT2D eigenvalue weighted by molar-refractivity contribution is 7.88. The summed E-state index contributed by atoms with van der Waals surface area (Å²) in [7, 11) is -3.20. The van der Waals surface area contributed by atoms with Crippen LogP contribution in [0.1, 0.15) is 36.8 Å². The fourth-order valence-electron chi connectivity index (χ4n) is 4.71. The number of nitriles is 1. The molecule has 0 unspecified atom stereocenters. The van der Waals surface area contributed by atoms with E-state index in [4.69, 9.17) is 11.6 Å². The number of piperidine rings is 1. The molecule has 0 bridgehead atoms. The van der Waals surface area contributed by atoms with Gasteiger partial charge in [-0.3, -0.25) is 0 Å². The Morgan fingerprint density at radius 1 is 1.21 bits per heavy atom. The molecule has 0 amide bonds. The van der Waals surface area contributed by atoms with E-state index in [0.717, 1.165) is 18.4 Å². The first-order valence-corrected chi connectivity index (χ1v) is 14.7. The standard InChI is InChI=1S/C25H29ClN8O3S/c1-38(36,37)33-6-4-19(5-7-33)31-25-29-13-17(11-27)24(32-25)18-14-30-34(15-18)23-3-2-16(8-22(23)26)12-28-20-9-21(35)10-20/h2-3,8,13-15,19-21,28,35H,4-7,9-10,12H2,1H3,(H,29,31,32)/t20-,21-. The van der Waals surface area contributed by atoms with Crippen LogP contribution in [-0.4, -0.2) is 75.1 Å². The zero-order valence-corrected chi connectivity index (χ0v) is 22.5. The van der Waals surface area contributed by atoms with Crippen molar-refractivity contribution >= 4 is 27.6 Å². The molecule has 2 aromatic heterocycles. The highest BCUT2D eigenvalue weighted by Gasteiger charge is 2.27. The van der Waals surface area contributed by atoms with Crippen molar-refractivity contribution in [3.63, 3.8) is 0 Å². The van der Waals surface area contributed by atoms with Crippen LogP contribution < -0.4 is 10.6 Å². The van der Waals surface area contributed by atoms with E-state index in [2.05, 4.69) is 31.8 Å². The van der Waals surface area contributed by atoms with E-state index < -0.39 is 10.0 Å². The quantitative estimate of drug-likeness (QED) is 0.380. The molecule has 11 nitrogen and oxygen atoms in total. The molecule has 3 aromatic rings. The Morgan fingerprint density at radius 3 is 2.63 bits per heavy atom. The smallest absolute Gasteiger partial charge is 0.223 e. The van der Waals surface area contributed by atoms with Crippen LogP contribution in [-0.2, 0) is 16.6 Å². The minimum absolute atomic E-state index is 0.0256. The van der Waals surface area contributed by atoms with Crippen molar-refractivity contribution < 1.29 is 13.5 Å². The number of sulfonamides is 1. The van der Waals surface area contributed by atoms with Gasteiger partial charge in [0.25, 0.3) is 0 Å². The topological polar surface area (TPSA) is 149 Å². The molecule has 38 heavy (non-hydrogen) atoms. The second kappa shape index (κ2) is 11.0. The molecule has 1 saturated carbocycles. The van der Waals surface area contributed by atoms with Crippen LogP contribution in [0.15, 0.2) is 36.8 Å². The summed E-state index contributed by atoms with van der Waals surface area (Å²) in [6, 6.07) is 8.26. The first kappa shape index (κ1) is 26.5. The number of nitrogens with one attached hydrogen (secondary N) is 2. The summed E-state index contributed by atoms with van der Waals surface area (Å²) < 4.78 is 26.7. The van der Waals surface area contributed by atoms with Gasteiger partial charge in [-0.2, -0.15) is 10.4 Å². The second-order valence-electron chi connectivity index (χ2n) is 9.81. The second-order valence-corrected chi connectivity index (χ2v) is 12.2. The number of hydrogen-bond donors (Lipinski definition) is 3. The Balaban J connectivity index is 1.29. The van der Waals surface area contributed by atoms with E-state index in [1.54, 1.807) is 17.1 Å². The van der Waals surface area contributed by atoms with E-state index in [9.17, 15) is 18.8 Å². The van der Waals surface area contributed by atoms with Crippen molar-refractivity contribution in [2.24, 2.45) is 0 Å². The first-order valence-electron chi connectivity index (χ1n) is 12.4. The molecule has 1 aliphatic heterocycles. The van der Waals surface area contributed by atoms with Crippen molar-refractivity contribution in [1.29, 1.82) is 5.26 Å². The maximum atomic E-state index is 11.8. The van der Waals surface area contributed by atoms with E-state index in [1.807, 2.05) is 18.2 Å². The first-order chi connectivity index (χ1) is 18.2. The number of aliphatic hydroxyl groups excluding tert-OH is 1. The SMILES string of the molecule is CS(=O)(=O)N1CCC(Nc2ncc(C#N)c(-c3cnn(-c4ccc(CN[C@H]5C[C@H](O)C5)cc4Cl)c3)n2)CC1. The lowest BCUT2D eigenvalue weighted by atomic mass is 9.89. The summed E-state index contributed by atoms with van der Waals surface area (Å²) in [5.41, 5.74) is 3.14. The minimum Gasteiger partial charge on any atom is -0.393 e. The predicted molar refractivity (Wildman–Crippen MR) is 143 cm³/mol. The lowest BCUT2D eigenvalue weighted by Gasteiger charge is -2.32. The van der Waals surface area contributed by atoms with Crippen molar-refractivity contribution in [2.45, 2.75) is 50.4 Å². The highest BCUT2D eigenvalue weighted by atomic mass is 35.5. The molecular weight excluding hydrogens is 528 g/mol. The monoisotopic (exact) mass is 556 g/mol. The number of rotatable bonds is 8. The van der Waals surface area contributed by atoms with E-state index in [-0.39, 0.29) is 12.1 Å². The zero-order chi connectivity index (χ0) is 26.9. The number of hydrogen-bond acceptors (Lipinski definition) is 9. The highest BCUT2D eigenvalue weighted by Crippen LogP contribution is 2.27. The van der Waals surface area contributed by atoms with Gasteiger partial charge >= 0.3 is 0 Å². The maximum Gasteiger partial charge on any atom is 0.223 e. The number of anilines is 1. The Hall–Kier alpha value is -3.08. The van der Waals surface area contributed by atoms with Crippen LogP contribution in [0, 0.1) is 11.3 Å². The van der Waals surface area contributed by atoms with Gasteiger partial charge in [0, 0.05) is 43.5 Å². The lowest BCUT2D eigenvalue weighted by molar-refractivity contribution is 0.0619. The fraction of sp³-hybridized carbons (Fsp3) is 0.440. The van der Waals surface area contributed by atoms with Crippen LogP contribution >= 0.6 is 11.6 Å². The molecule has 5 rings (SSSR count). The minimum atomic E-state index is -3.20. The molecule has 3 N–H and O–H groups in total. The lowest BCUT2D eigenvalue weighted by Crippen LogP contribution is -2.43. The summed E-state index contributed by atoms with van der Waals surface area (Å²) >= 11 is 6.58. The Kier molecular flexibility index (Phi) is 7.65. The molecule has 1 saturated heterocycles. The van der Waals surface area contributed by atoms with Gasteiger partial charge in [0.1, 0.15) is 6.07 Å². The van der Waals surface area contributed by atoms with Crippen molar-refractivity contribution in [3.8, 4) is 23.0 Å². The third kappa shape index (κ3) is 5.98. The largest absolute Gasteiger partial charge is 0.393 e. The molecule has 13 heteroatoms. The van der Waals surface area contributed by atoms with Crippen LogP contribution in [0.25, 0.3) is 16.9 Å². The number of aromatic nitrogens is 4. The number of nitrogens with zero attached hydrogens (tertiary/aromatic N) is 6. The molecular formula is C25H29ClN8O3S. The Morgan fingerprint density at radius 2 is 1.97 bits per heavy atom.